The first-order valence-electron chi connectivity index (χ1n) is 5.56. The first-order chi connectivity index (χ1) is 7.59. The van der Waals surface area contributed by atoms with Crippen LogP contribution in [0.5, 0.6) is 0 Å². The summed E-state index contributed by atoms with van der Waals surface area (Å²) in [5.41, 5.74) is 7.99. The molecule has 2 heteroatoms. The highest BCUT2D eigenvalue weighted by Crippen LogP contribution is 2.07. The van der Waals surface area contributed by atoms with Crippen molar-refractivity contribution >= 4 is 5.78 Å². The summed E-state index contributed by atoms with van der Waals surface area (Å²) in [7, 11) is 0. The van der Waals surface area contributed by atoms with Crippen LogP contribution in [0, 0.1) is 0 Å². The van der Waals surface area contributed by atoms with Crippen molar-refractivity contribution in [2.24, 2.45) is 5.73 Å². The van der Waals surface area contributed by atoms with Crippen molar-refractivity contribution in [2.75, 3.05) is 0 Å². The van der Waals surface area contributed by atoms with E-state index in [0.29, 0.717) is 12.8 Å². The van der Waals surface area contributed by atoms with Crippen LogP contribution in [-0.2, 0) is 11.2 Å². The van der Waals surface area contributed by atoms with E-state index in [1.54, 1.807) is 0 Å². The van der Waals surface area contributed by atoms with E-state index in [1.165, 1.54) is 0 Å². The molecule has 0 aromatic heterocycles. The molecule has 0 radical (unpaired) electrons. The fourth-order valence-corrected chi connectivity index (χ4v) is 1.50. The number of hydrogen-bond donors (Lipinski definition) is 1. The van der Waals surface area contributed by atoms with Crippen LogP contribution in [0.25, 0.3) is 0 Å². The number of ketones is 1. The number of carbonyl (C=O) groups excluding carboxylic acids is 1. The van der Waals surface area contributed by atoms with Gasteiger partial charge in [-0.15, -0.1) is 6.58 Å². The molecule has 1 aromatic rings. The zero-order valence-electron chi connectivity index (χ0n) is 9.78. The highest BCUT2D eigenvalue weighted by Gasteiger charge is 2.13. The zero-order valence-corrected chi connectivity index (χ0v) is 9.78. The maximum Gasteiger partial charge on any atom is 0.150 e. The predicted molar refractivity (Wildman–Crippen MR) is 67.2 cm³/mol. The molecule has 86 valence electrons. The molecule has 2 N–H and O–H groups in total. The van der Waals surface area contributed by atoms with E-state index >= 15 is 0 Å². The summed E-state index contributed by atoms with van der Waals surface area (Å²) < 4.78 is 0. The van der Waals surface area contributed by atoms with Crippen molar-refractivity contribution in [1.82, 2.24) is 0 Å². The first-order valence-corrected chi connectivity index (χ1v) is 5.56. The minimum Gasteiger partial charge on any atom is -0.321 e. The smallest absolute Gasteiger partial charge is 0.150 e. The van der Waals surface area contributed by atoms with Crippen molar-refractivity contribution in [3.63, 3.8) is 0 Å². The molecule has 2 nitrogen and oxygen atoms in total. The lowest BCUT2D eigenvalue weighted by Gasteiger charge is -2.10. The third kappa shape index (κ3) is 4.41. The molecule has 0 aliphatic carbocycles. The van der Waals surface area contributed by atoms with Crippen LogP contribution in [-0.4, -0.2) is 11.8 Å². The number of nitrogens with two attached hydrogens (primary N) is 1. The van der Waals surface area contributed by atoms with Crippen LogP contribution in [0.3, 0.4) is 0 Å². The molecule has 0 spiro atoms. The van der Waals surface area contributed by atoms with Gasteiger partial charge in [-0.3, -0.25) is 4.79 Å². The van der Waals surface area contributed by atoms with Crippen LogP contribution in [0.15, 0.2) is 42.5 Å². The Labute approximate surface area is 97.2 Å². The second kappa shape index (κ2) is 6.23. The van der Waals surface area contributed by atoms with Crippen molar-refractivity contribution in [2.45, 2.75) is 32.2 Å². The van der Waals surface area contributed by atoms with Gasteiger partial charge in [-0.2, -0.15) is 0 Å². The van der Waals surface area contributed by atoms with Crippen LogP contribution < -0.4 is 5.73 Å². The Morgan fingerprint density at radius 3 is 2.50 bits per heavy atom. The number of Topliss-reactive ketones (excluding diaryl/α,β-unsaturated/α-hetero) is 1. The van der Waals surface area contributed by atoms with Gasteiger partial charge in [0, 0.05) is 6.42 Å². The molecular formula is C14H19NO. The summed E-state index contributed by atoms with van der Waals surface area (Å²) in [5.74, 6) is 0.117. The monoisotopic (exact) mass is 217 g/mol. The quantitative estimate of drug-likeness (QED) is 0.744. The Morgan fingerprint density at radius 1 is 1.31 bits per heavy atom. The fourth-order valence-electron chi connectivity index (χ4n) is 1.50. The van der Waals surface area contributed by atoms with Gasteiger partial charge < -0.3 is 5.73 Å². The molecule has 1 rings (SSSR count). The van der Waals surface area contributed by atoms with Crippen LogP contribution in [0.1, 0.15) is 25.3 Å². The van der Waals surface area contributed by atoms with E-state index in [0.717, 1.165) is 17.6 Å². The molecule has 1 aromatic carbocycles. The van der Waals surface area contributed by atoms with Gasteiger partial charge in [0.25, 0.3) is 0 Å². The number of rotatable bonds is 6. The van der Waals surface area contributed by atoms with Gasteiger partial charge in [0.15, 0.2) is 0 Å². The van der Waals surface area contributed by atoms with Gasteiger partial charge in [-0.25, -0.2) is 0 Å². The molecule has 0 aliphatic heterocycles. The standard InChI is InChI=1S/C14H19NO/c1-11(2)8-9-14(16)13(15)10-12-6-4-3-5-7-12/h3-7,13H,1,8-10,15H2,2H3. The third-order valence-corrected chi connectivity index (χ3v) is 2.51. The van der Waals surface area contributed by atoms with E-state index in [4.69, 9.17) is 5.73 Å². The summed E-state index contributed by atoms with van der Waals surface area (Å²) in [6, 6.07) is 9.47. The fraction of sp³-hybridized carbons (Fsp3) is 0.357. The molecule has 1 unspecified atom stereocenters. The first kappa shape index (κ1) is 12.7. The van der Waals surface area contributed by atoms with Crippen molar-refractivity contribution in [1.29, 1.82) is 0 Å². The van der Waals surface area contributed by atoms with E-state index in [2.05, 4.69) is 6.58 Å². The molecule has 0 aliphatic rings. The molecule has 0 heterocycles. The topological polar surface area (TPSA) is 43.1 Å². The molecule has 0 fully saturated rings. The van der Waals surface area contributed by atoms with E-state index in [-0.39, 0.29) is 11.8 Å². The number of carbonyl (C=O) groups is 1. The molecular weight excluding hydrogens is 198 g/mol. The second-order valence-corrected chi connectivity index (χ2v) is 4.22. The maximum absolute atomic E-state index is 11.7. The largest absolute Gasteiger partial charge is 0.321 e. The molecule has 0 bridgehead atoms. The summed E-state index contributed by atoms with van der Waals surface area (Å²) in [6.07, 6.45) is 1.86. The third-order valence-electron chi connectivity index (χ3n) is 2.51. The average Bonchev–Trinajstić information content (AvgIpc) is 2.27. The van der Waals surface area contributed by atoms with Gasteiger partial charge in [-0.1, -0.05) is 35.9 Å². The van der Waals surface area contributed by atoms with E-state index in [9.17, 15) is 4.79 Å². The zero-order chi connectivity index (χ0) is 12.0. The van der Waals surface area contributed by atoms with Gasteiger partial charge in [0.1, 0.15) is 5.78 Å². The highest BCUT2D eigenvalue weighted by molar-refractivity contribution is 5.84. The predicted octanol–water partition coefficient (Wildman–Crippen LogP) is 2.48. The van der Waals surface area contributed by atoms with Crippen molar-refractivity contribution in [3.8, 4) is 0 Å². The summed E-state index contributed by atoms with van der Waals surface area (Å²) >= 11 is 0. The lowest BCUT2D eigenvalue weighted by Crippen LogP contribution is -2.32. The van der Waals surface area contributed by atoms with Gasteiger partial charge in [-0.05, 0) is 25.3 Å². The molecule has 0 saturated carbocycles. The van der Waals surface area contributed by atoms with Gasteiger partial charge >= 0.3 is 0 Å². The summed E-state index contributed by atoms with van der Waals surface area (Å²) in [5, 5.41) is 0. The van der Waals surface area contributed by atoms with Gasteiger partial charge in [0.2, 0.25) is 0 Å². The minimum atomic E-state index is -0.387. The van der Waals surface area contributed by atoms with E-state index < -0.39 is 0 Å². The SMILES string of the molecule is C=C(C)CCC(=O)C(N)Cc1ccccc1. The Balaban J connectivity index is 2.43. The highest BCUT2D eigenvalue weighted by atomic mass is 16.1. The second-order valence-electron chi connectivity index (χ2n) is 4.22. The van der Waals surface area contributed by atoms with Crippen molar-refractivity contribution < 1.29 is 4.79 Å². The normalized spacial score (nSPS) is 12.1. The van der Waals surface area contributed by atoms with Crippen LogP contribution >= 0.6 is 0 Å². The lowest BCUT2D eigenvalue weighted by molar-refractivity contribution is -0.120. The van der Waals surface area contributed by atoms with Crippen LogP contribution in [0.4, 0.5) is 0 Å². The Morgan fingerprint density at radius 2 is 1.94 bits per heavy atom. The molecule has 0 saturated heterocycles. The Kier molecular flexibility index (Phi) is 4.93. The lowest BCUT2D eigenvalue weighted by atomic mass is 9.99. The molecule has 16 heavy (non-hydrogen) atoms. The number of allylic oxidation sites excluding steroid dienone is 1. The van der Waals surface area contributed by atoms with E-state index in [1.807, 2.05) is 37.3 Å². The molecule has 1 atom stereocenters. The van der Waals surface area contributed by atoms with Crippen molar-refractivity contribution in [3.05, 3.63) is 48.0 Å². The number of hydrogen-bond acceptors (Lipinski definition) is 2. The maximum atomic E-state index is 11.7. The summed E-state index contributed by atoms with van der Waals surface area (Å²) in [4.78, 5) is 11.7. The van der Waals surface area contributed by atoms with Crippen LogP contribution in [0.2, 0.25) is 0 Å². The minimum absolute atomic E-state index is 0.117. The average molecular weight is 217 g/mol. The Bertz CT molecular complexity index is 356. The molecule has 0 amide bonds. The van der Waals surface area contributed by atoms with Gasteiger partial charge in [0.05, 0.1) is 6.04 Å². The Hall–Kier alpha value is -1.41. The summed E-state index contributed by atoms with van der Waals surface area (Å²) in [6.45, 7) is 5.70. The number of benzene rings is 1.